The van der Waals surface area contributed by atoms with E-state index in [4.69, 9.17) is 10.5 Å². The average Bonchev–Trinajstić information content (AvgIpc) is 2.24. The van der Waals surface area contributed by atoms with E-state index in [9.17, 15) is 0 Å². The number of likely N-dealkylation sites (N-methyl/N-ethyl adjacent to an activating group) is 1. The fourth-order valence-corrected chi connectivity index (χ4v) is 2.62. The monoisotopic (exact) mass is 220 g/mol. The molecule has 0 saturated carbocycles. The highest BCUT2D eigenvalue weighted by molar-refractivity contribution is 5.41. The zero-order valence-corrected chi connectivity index (χ0v) is 10.3. The van der Waals surface area contributed by atoms with E-state index < -0.39 is 0 Å². The van der Waals surface area contributed by atoms with Gasteiger partial charge in [-0.25, -0.2) is 0 Å². The highest BCUT2D eigenvalue weighted by atomic mass is 16.5. The second-order valence-electron chi connectivity index (χ2n) is 4.84. The molecule has 2 N–H and O–H groups in total. The number of ether oxygens (including phenoxy) is 1. The number of hydrogen-bond acceptors (Lipinski definition) is 3. The number of rotatable bonds is 3. The molecule has 16 heavy (non-hydrogen) atoms. The summed E-state index contributed by atoms with van der Waals surface area (Å²) in [5.41, 5.74) is 8.61. The van der Waals surface area contributed by atoms with E-state index in [-0.39, 0.29) is 5.41 Å². The Kier molecular flexibility index (Phi) is 2.91. The largest absolute Gasteiger partial charge is 0.496 e. The van der Waals surface area contributed by atoms with Gasteiger partial charge in [-0.1, -0.05) is 12.1 Å². The van der Waals surface area contributed by atoms with Crippen LogP contribution < -0.4 is 10.5 Å². The maximum Gasteiger partial charge on any atom is 0.121 e. The van der Waals surface area contributed by atoms with Crippen molar-refractivity contribution in [1.29, 1.82) is 0 Å². The second-order valence-corrected chi connectivity index (χ2v) is 4.84. The van der Waals surface area contributed by atoms with Gasteiger partial charge in [-0.15, -0.1) is 0 Å². The first-order valence-corrected chi connectivity index (χ1v) is 5.65. The van der Waals surface area contributed by atoms with Crippen molar-refractivity contribution in [2.45, 2.75) is 12.3 Å². The predicted octanol–water partition coefficient (Wildman–Crippen LogP) is 1.15. The SMILES string of the molecule is COc1ccc(C2(CN)CN(C)C2)cc1C. The molecule has 3 nitrogen and oxygen atoms in total. The summed E-state index contributed by atoms with van der Waals surface area (Å²) >= 11 is 0. The molecule has 1 aromatic carbocycles. The summed E-state index contributed by atoms with van der Waals surface area (Å²) in [7, 11) is 3.84. The van der Waals surface area contributed by atoms with E-state index in [1.807, 2.05) is 6.07 Å². The maximum atomic E-state index is 5.93. The van der Waals surface area contributed by atoms with Gasteiger partial charge < -0.3 is 15.4 Å². The van der Waals surface area contributed by atoms with E-state index in [2.05, 4.69) is 31.0 Å². The van der Waals surface area contributed by atoms with Crippen LogP contribution in [0.25, 0.3) is 0 Å². The van der Waals surface area contributed by atoms with Crippen LogP contribution in [-0.2, 0) is 5.41 Å². The third kappa shape index (κ3) is 1.70. The molecule has 1 aliphatic rings. The minimum Gasteiger partial charge on any atom is -0.496 e. The molecule has 0 unspecified atom stereocenters. The molecule has 1 aliphatic heterocycles. The van der Waals surface area contributed by atoms with Gasteiger partial charge in [0.05, 0.1) is 7.11 Å². The Morgan fingerprint density at radius 1 is 1.44 bits per heavy atom. The summed E-state index contributed by atoms with van der Waals surface area (Å²) in [6.07, 6.45) is 0. The number of likely N-dealkylation sites (tertiary alicyclic amines) is 1. The van der Waals surface area contributed by atoms with Crippen molar-refractivity contribution in [1.82, 2.24) is 4.90 Å². The summed E-state index contributed by atoms with van der Waals surface area (Å²) < 4.78 is 5.28. The first-order chi connectivity index (χ1) is 7.61. The fraction of sp³-hybridized carbons (Fsp3) is 0.538. The van der Waals surface area contributed by atoms with Gasteiger partial charge in [-0.2, -0.15) is 0 Å². The number of nitrogens with zero attached hydrogens (tertiary/aromatic N) is 1. The molecule has 0 aliphatic carbocycles. The normalized spacial score (nSPS) is 19.2. The first kappa shape index (κ1) is 11.4. The smallest absolute Gasteiger partial charge is 0.121 e. The molecule has 1 fully saturated rings. The van der Waals surface area contributed by atoms with Crippen LogP contribution in [0.15, 0.2) is 18.2 Å². The lowest BCUT2D eigenvalue weighted by Gasteiger charge is -2.48. The highest BCUT2D eigenvalue weighted by Crippen LogP contribution is 2.34. The minimum absolute atomic E-state index is 0.159. The average molecular weight is 220 g/mol. The van der Waals surface area contributed by atoms with Gasteiger partial charge in [0, 0.05) is 25.0 Å². The summed E-state index contributed by atoms with van der Waals surface area (Å²) in [6.45, 7) is 4.89. The Labute approximate surface area is 97.2 Å². The highest BCUT2D eigenvalue weighted by Gasteiger charge is 2.41. The third-order valence-corrected chi connectivity index (χ3v) is 3.54. The van der Waals surface area contributed by atoms with E-state index >= 15 is 0 Å². The van der Waals surface area contributed by atoms with Crippen LogP contribution in [0.2, 0.25) is 0 Å². The maximum absolute atomic E-state index is 5.93. The molecule has 0 amide bonds. The van der Waals surface area contributed by atoms with Crippen LogP contribution in [0, 0.1) is 6.92 Å². The Bertz CT molecular complexity index is 384. The van der Waals surface area contributed by atoms with Crippen molar-refractivity contribution in [3.63, 3.8) is 0 Å². The van der Waals surface area contributed by atoms with Gasteiger partial charge in [0.2, 0.25) is 0 Å². The van der Waals surface area contributed by atoms with E-state index in [1.165, 1.54) is 11.1 Å². The van der Waals surface area contributed by atoms with E-state index in [0.29, 0.717) is 6.54 Å². The number of methoxy groups -OCH3 is 1. The van der Waals surface area contributed by atoms with Crippen molar-refractivity contribution in [2.75, 3.05) is 33.8 Å². The molecule has 0 spiro atoms. The fourth-order valence-electron chi connectivity index (χ4n) is 2.62. The van der Waals surface area contributed by atoms with Crippen LogP contribution in [0.3, 0.4) is 0 Å². The van der Waals surface area contributed by atoms with Crippen molar-refractivity contribution < 1.29 is 4.74 Å². The molecule has 1 heterocycles. The summed E-state index contributed by atoms with van der Waals surface area (Å²) in [5.74, 6) is 0.948. The zero-order valence-electron chi connectivity index (χ0n) is 10.3. The molecule has 0 aromatic heterocycles. The zero-order chi connectivity index (χ0) is 11.8. The molecular formula is C13H20N2O. The molecule has 2 rings (SSSR count). The van der Waals surface area contributed by atoms with Gasteiger partial charge in [0.15, 0.2) is 0 Å². The van der Waals surface area contributed by atoms with Gasteiger partial charge in [-0.05, 0) is 31.2 Å². The van der Waals surface area contributed by atoms with Gasteiger partial charge in [0.1, 0.15) is 5.75 Å². The van der Waals surface area contributed by atoms with Crippen LogP contribution in [0.1, 0.15) is 11.1 Å². The quantitative estimate of drug-likeness (QED) is 0.830. The van der Waals surface area contributed by atoms with E-state index in [1.54, 1.807) is 7.11 Å². The van der Waals surface area contributed by atoms with Crippen molar-refractivity contribution in [3.05, 3.63) is 29.3 Å². The summed E-state index contributed by atoms with van der Waals surface area (Å²) in [5, 5.41) is 0. The lowest BCUT2D eigenvalue weighted by atomic mass is 9.73. The van der Waals surface area contributed by atoms with Gasteiger partial charge in [-0.3, -0.25) is 0 Å². The minimum atomic E-state index is 0.159. The molecule has 1 saturated heterocycles. The molecular weight excluding hydrogens is 200 g/mol. The lowest BCUT2D eigenvalue weighted by molar-refractivity contribution is 0.1000. The third-order valence-electron chi connectivity index (χ3n) is 3.54. The first-order valence-electron chi connectivity index (χ1n) is 5.65. The Hall–Kier alpha value is -1.06. The summed E-state index contributed by atoms with van der Waals surface area (Å²) in [6, 6.07) is 6.39. The van der Waals surface area contributed by atoms with Gasteiger partial charge in [0.25, 0.3) is 0 Å². The number of benzene rings is 1. The van der Waals surface area contributed by atoms with Crippen LogP contribution in [0.4, 0.5) is 0 Å². The lowest BCUT2D eigenvalue weighted by Crippen LogP contribution is -2.61. The predicted molar refractivity (Wildman–Crippen MR) is 66.0 cm³/mol. The standard InChI is InChI=1S/C13H20N2O/c1-10-6-11(4-5-12(10)16-3)13(7-14)8-15(2)9-13/h4-6H,7-9,14H2,1-3H3. The second kappa shape index (κ2) is 4.07. The summed E-state index contributed by atoms with van der Waals surface area (Å²) in [4.78, 5) is 2.30. The molecule has 0 atom stereocenters. The molecule has 3 heteroatoms. The van der Waals surface area contributed by atoms with Crippen molar-refractivity contribution >= 4 is 0 Å². The van der Waals surface area contributed by atoms with Crippen LogP contribution in [0.5, 0.6) is 5.75 Å². The van der Waals surface area contributed by atoms with Crippen molar-refractivity contribution in [2.24, 2.45) is 5.73 Å². The van der Waals surface area contributed by atoms with Gasteiger partial charge >= 0.3 is 0 Å². The molecule has 1 aromatic rings. The van der Waals surface area contributed by atoms with Crippen molar-refractivity contribution in [3.8, 4) is 5.75 Å². The number of aryl methyl sites for hydroxylation is 1. The Morgan fingerprint density at radius 3 is 2.56 bits per heavy atom. The molecule has 88 valence electrons. The molecule has 0 bridgehead atoms. The Balaban J connectivity index is 2.30. The van der Waals surface area contributed by atoms with Crippen LogP contribution in [-0.4, -0.2) is 38.7 Å². The van der Waals surface area contributed by atoms with Crippen LogP contribution >= 0.6 is 0 Å². The number of nitrogens with two attached hydrogens (primary N) is 1. The molecule has 0 radical (unpaired) electrons. The topological polar surface area (TPSA) is 38.5 Å². The Morgan fingerprint density at radius 2 is 2.12 bits per heavy atom. The number of hydrogen-bond donors (Lipinski definition) is 1. The van der Waals surface area contributed by atoms with E-state index in [0.717, 1.165) is 18.8 Å².